The van der Waals surface area contributed by atoms with Gasteiger partial charge in [-0.3, -0.25) is 0 Å². The van der Waals surface area contributed by atoms with Crippen molar-refractivity contribution in [3.63, 3.8) is 0 Å². The lowest BCUT2D eigenvalue weighted by molar-refractivity contribution is 0.195. The van der Waals surface area contributed by atoms with Gasteiger partial charge in [0.05, 0.1) is 16.8 Å². The average Bonchev–Trinajstić information content (AvgIpc) is 2.07. The van der Waals surface area contributed by atoms with Crippen molar-refractivity contribution in [2.75, 3.05) is 19.0 Å². The molecule has 0 saturated carbocycles. The monoisotopic (exact) mass is 213 g/mol. The SMILES string of the molecule is CC(O)Cc1ccc(Cl)c(N(C)C)c1. The molecule has 0 bridgehead atoms. The van der Waals surface area contributed by atoms with E-state index in [1.165, 1.54) is 0 Å². The zero-order valence-electron chi connectivity index (χ0n) is 8.79. The Balaban J connectivity index is 2.94. The zero-order valence-corrected chi connectivity index (χ0v) is 9.54. The van der Waals surface area contributed by atoms with E-state index >= 15 is 0 Å². The molecule has 0 saturated heterocycles. The van der Waals surface area contributed by atoms with Crippen molar-refractivity contribution in [3.05, 3.63) is 28.8 Å². The lowest BCUT2D eigenvalue weighted by Gasteiger charge is -2.16. The van der Waals surface area contributed by atoms with Gasteiger partial charge in [0.25, 0.3) is 0 Å². The van der Waals surface area contributed by atoms with Crippen LogP contribution in [0.1, 0.15) is 12.5 Å². The smallest absolute Gasteiger partial charge is 0.0639 e. The molecular weight excluding hydrogens is 198 g/mol. The Morgan fingerprint density at radius 3 is 2.57 bits per heavy atom. The first-order chi connectivity index (χ1) is 6.50. The van der Waals surface area contributed by atoms with Crippen LogP contribution in [0.3, 0.4) is 0 Å². The summed E-state index contributed by atoms with van der Waals surface area (Å²) in [6.07, 6.45) is 0.351. The summed E-state index contributed by atoms with van der Waals surface area (Å²) in [6.45, 7) is 1.78. The number of nitrogens with zero attached hydrogens (tertiary/aromatic N) is 1. The second kappa shape index (κ2) is 4.67. The lowest BCUT2D eigenvalue weighted by Crippen LogP contribution is -2.11. The first kappa shape index (κ1) is 11.3. The third-order valence-electron chi connectivity index (χ3n) is 2.02. The highest BCUT2D eigenvalue weighted by atomic mass is 35.5. The van der Waals surface area contributed by atoms with Gasteiger partial charge in [0.2, 0.25) is 0 Å². The van der Waals surface area contributed by atoms with E-state index in [4.69, 9.17) is 11.6 Å². The van der Waals surface area contributed by atoms with Gasteiger partial charge in [-0.05, 0) is 31.0 Å². The van der Waals surface area contributed by atoms with E-state index in [1.807, 2.05) is 37.2 Å². The summed E-state index contributed by atoms with van der Waals surface area (Å²) < 4.78 is 0. The topological polar surface area (TPSA) is 23.5 Å². The molecule has 1 atom stereocenters. The van der Waals surface area contributed by atoms with Crippen LogP contribution in [-0.4, -0.2) is 25.3 Å². The summed E-state index contributed by atoms with van der Waals surface area (Å²) in [4.78, 5) is 1.97. The number of aliphatic hydroxyl groups is 1. The quantitative estimate of drug-likeness (QED) is 0.833. The summed E-state index contributed by atoms with van der Waals surface area (Å²) in [5.74, 6) is 0. The molecule has 1 aromatic rings. The summed E-state index contributed by atoms with van der Waals surface area (Å²) in [7, 11) is 3.90. The van der Waals surface area contributed by atoms with Crippen LogP contribution in [0.5, 0.6) is 0 Å². The van der Waals surface area contributed by atoms with Gasteiger partial charge in [-0.1, -0.05) is 17.7 Å². The number of anilines is 1. The molecule has 0 amide bonds. The molecule has 0 heterocycles. The number of hydrogen-bond acceptors (Lipinski definition) is 2. The molecule has 0 aliphatic carbocycles. The van der Waals surface area contributed by atoms with E-state index in [2.05, 4.69) is 0 Å². The maximum atomic E-state index is 9.26. The van der Waals surface area contributed by atoms with Gasteiger partial charge >= 0.3 is 0 Å². The molecule has 14 heavy (non-hydrogen) atoms. The highest BCUT2D eigenvalue weighted by molar-refractivity contribution is 6.33. The first-order valence-electron chi connectivity index (χ1n) is 4.64. The molecule has 0 spiro atoms. The lowest BCUT2D eigenvalue weighted by atomic mass is 10.1. The molecule has 1 unspecified atom stereocenters. The minimum atomic E-state index is -0.314. The van der Waals surface area contributed by atoms with Gasteiger partial charge in [0, 0.05) is 14.1 Å². The van der Waals surface area contributed by atoms with Gasteiger partial charge in [-0.15, -0.1) is 0 Å². The van der Waals surface area contributed by atoms with Crippen LogP contribution in [0.4, 0.5) is 5.69 Å². The van der Waals surface area contributed by atoms with Gasteiger partial charge in [-0.2, -0.15) is 0 Å². The number of rotatable bonds is 3. The zero-order chi connectivity index (χ0) is 10.7. The Kier molecular flexibility index (Phi) is 3.78. The van der Waals surface area contributed by atoms with Crippen LogP contribution < -0.4 is 4.90 Å². The van der Waals surface area contributed by atoms with E-state index in [0.717, 1.165) is 16.3 Å². The van der Waals surface area contributed by atoms with Crippen molar-refractivity contribution in [2.24, 2.45) is 0 Å². The molecule has 0 fully saturated rings. The van der Waals surface area contributed by atoms with E-state index in [-0.39, 0.29) is 6.10 Å². The predicted octanol–water partition coefficient (Wildman–Crippen LogP) is 2.33. The highest BCUT2D eigenvalue weighted by Gasteiger charge is 2.05. The van der Waals surface area contributed by atoms with Crippen LogP contribution in [-0.2, 0) is 6.42 Å². The van der Waals surface area contributed by atoms with Crippen molar-refractivity contribution in [1.82, 2.24) is 0 Å². The van der Waals surface area contributed by atoms with Crippen LogP contribution in [0.25, 0.3) is 0 Å². The standard InChI is InChI=1S/C11H16ClNO/c1-8(14)6-9-4-5-10(12)11(7-9)13(2)3/h4-5,7-8,14H,6H2,1-3H3. The van der Waals surface area contributed by atoms with Crippen molar-refractivity contribution < 1.29 is 5.11 Å². The second-order valence-corrected chi connectivity index (χ2v) is 4.14. The fraction of sp³-hybridized carbons (Fsp3) is 0.455. The van der Waals surface area contributed by atoms with E-state index in [9.17, 15) is 5.11 Å². The molecular formula is C11H16ClNO. The summed E-state index contributed by atoms with van der Waals surface area (Å²) >= 11 is 6.02. The normalized spacial score (nSPS) is 12.6. The van der Waals surface area contributed by atoms with E-state index in [1.54, 1.807) is 6.92 Å². The Morgan fingerprint density at radius 1 is 1.43 bits per heavy atom. The van der Waals surface area contributed by atoms with Gasteiger partial charge in [0.15, 0.2) is 0 Å². The Hall–Kier alpha value is -0.730. The molecule has 1 aromatic carbocycles. The molecule has 1 N–H and O–H groups in total. The van der Waals surface area contributed by atoms with Crippen molar-refractivity contribution in [2.45, 2.75) is 19.4 Å². The summed E-state index contributed by atoms with van der Waals surface area (Å²) in [5.41, 5.74) is 2.10. The maximum absolute atomic E-state index is 9.26. The molecule has 0 aromatic heterocycles. The van der Waals surface area contributed by atoms with Crippen molar-refractivity contribution in [3.8, 4) is 0 Å². The fourth-order valence-electron chi connectivity index (χ4n) is 1.37. The third-order valence-corrected chi connectivity index (χ3v) is 2.34. The molecule has 1 rings (SSSR count). The second-order valence-electron chi connectivity index (χ2n) is 3.73. The van der Waals surface area contributed by atoms with Gasteiger partial charge in [0.1, 0.15) is 0 Å². The van der Waals surface area contributed by atoms with Crippen LogP contribution >= 0.6 is 11.6 Å². The minimum absolute atomic E-state index is 0.314. The van der Waals surface area contributed by atoms with Gasteiger partial charge in [-0.25, -0.2) is 0 Å². The van der Waals surface area contributed by atoms with Crippen LogP contribution in [0.15, 0.2) is 18.2 Å². The number of benzene rings is 1. The molecule has 0 aliphatic rings. The number of aliphatic hydroxyl groups excluding tert-OH is 1. The molecule has 78 valence electrons. The van der Waals surface area contributed by atoms with Gasteiger partial charge < -0.3 is 10.0 Å². The Bertz CT molecular complexity index is 310. The predicted molar refractivity (Wildman–Crippen MR) is 61.2 cm³/mol. The van der Waals surface area contributed by atoms with E-state index in [0.29, 0.717) is 6.42 Å². The van der Waals surface area contributed by atoms with Crippen molar-refractivity contribution in [1.29, 1.82) is 0 Å². The number of halogens is 1. The molecule has 0 aliphatic heterocycles. The summed E-state index contributed by atoms with van der Waals surface area (Å²) in [5, 5.41) is 10.00. The largest absolute Gasteiger partial charge is 0.393 e. The van der Waals surface area contributed by atoms with Crippen molar-refractivity contribution >= 4 is 17.3 Å². The first-order valence-corrected chi connectivity index (χ1v) is 5.02. The van der Waals surface area contributed by atoms with Crippen LogP contribution in [0, 0.1) is 0 Å². The highest BCUT2D eigenvalue weighted by Crippen LogP contribution is 2.25. The summed E-state index contributed by atoms with van der Waals surface area (Å²) in [6, 6.07) is 5.83. The molecule has 3 heteroatoms. The maximum Gasteiger partial charge on any atom is 0.0639 e. The Morgan fingerprint density at radius 2 is 2.07 bits per heavy atom. The Labute approximate surface area is 90.1 Å². The molecule has 0 radical (unpaired) electrons. The van der Waals surface area contributed by atoms with E-state index < -0.39 is 0 Å². The fourth-order valence-corrected chi connectivity index (χ4v) is 1.66. The van der Waals surface area contributed by atoms with Crippen LogP contribution in [0.2, 0.25) is 5.02 Å². The number of hydrogen-bond donors (Lipinski definition) is 1. The average molecular weight is 214 g/mol. The minimum Gasteiger partial charge on any atom is -0.393 e. The third kappa shape index (κ3) is 2.89. The molecule has 2 nitrogen and oxygen atoms in total.